The molecule has 1 heterocycles. The fourth-order valence-electron chi connectivity index (χ4n) is 3.99. The summed E-state index contributed by atoms with van der Waals surface area (Å²) >= 11 is 12.3. The SMILES string of the molecule is CC1(c2ccc(Cl)cc2Cl)NC(=O)N(CC(=O)N(Cc2ccccc2)Cc2ccccc2)C1=O. The van der Waals surface area contributed by atoms with Crippen molar-refractivity contribution in [2.24, 2.45) is 0 Å². The molecule has 4 rings (SSSR count). The number of carbonyl (C=O) groups is 3. The second kappa shape index (κ2) is 9.87. The number of rotatable bonds is 7. The standard InChI is InChI=1S/C26H23Cl2N3O3/c1-26(21-13-12-20(27)14-22(21)28)24(33)31(25(34)29-26)17-23(32)30(15-18-8-4-2-5-9-18)16-19-10-6-3-7-11-19/h2-14H,15-17H2,1H3,(H,29,34). The van der Waals surface area contributed by atoms with Gasteiger partial charge in [0, 0.05) is 28.7 Å². The van der Waals surface area contributed by atoms with Gasteiger partial charge < -0.3 is 10.2 Å². The molecule has 3 aromatic carbocycles. The van der Waals surface area contributed by atoms with Crippen molar-refractivity contribution < 1.29 is 14.4 Å². The molecule has 0 bridgehead atoms. The van der Waals surface area contributed by atoms with E-state index < -0.39 is 17.5 Å². The Bertz CT molecular complexity index is 1180. The van der Waals surface area contributed by atoms with Crippen molar-refractivity contribution in [3.05, 3.63) is 106 Å². The predicted molar refractivity (Wildman–Crippen MR) is 131 cm³/mol. The number of nitrogens with one attached hydrogen (secondary N) is 1. The summed E-state index contributed by atoms with van der Waals surface area (Å²) in [5.41, 5.74) is 0.906. The van der Waals surface area contributed by atoms with Crippen LogP contribution in [0.4, 0.5) is 4.79 Å². The van der Waals surface area contributed by atoms with Crippen LogP contribution < -0.4 is 5.32 Å². The van der Waals surface area contributed by atoms with Crippen LogP contribution >= 0.6 is 23.2 Å². The van der Waals surface area contributed by atoms with Crippen LogP contribution in [0.25, 0.3) is 0 Å². The van der Waals surface area contributed by atoms with Crippen LogP contribution in [0, 0.1) is 0 Å². The normalized spacial score (nSPS) is 17.6. The first-order valence-electron chi connectivity index (χ1n) is 10.7. The average molecular weight is 496 g/mol. The summed E-state index contributed by atoms with van der Waals surface area (Å²) in [6.45, 7) is 1.88. The van der Waals surface area contributed by atoms with Crippen molar-refractivity contribution in [1.82, 2.24) is 15.1 Å². The minimum absolute atomic E-state index is 0.256. The molecule has 1 aliphatic heterocycles. The third-order valence-electron chi connectivity index (χ3n) is 5.82. The van der Waals surface area contributed by atoms with E-state index in [1.807, 2.05) is 60.7 Å². The molecule has 1 fully saturated rings. The molecule has 0 aromatic heterocycles. The largest absolute Gasteiger partial charge is 0.332 e. The van der Waals surface area contributed by atoms with Gasteiger partial charge >= 0.3 is 6.03 Å². The fourth-order valence-corrected chi connectivity index (χ4v) is 4.59. The molecule has 1 aliphatic rings. The van der Waals surface area contributed by atoms with Gasteiger partial charge in [-0.1, -0.05) is 89.9 Å². The van der Waals surface area contributed by atoms with E-state index in [4.69, 9.17) is 23.2 Å². The smallest absolute Gasteiger partial charge is 0.325 e. The van der Waals surface area contributed by atoms with Crippen LogP contribution in [0.3, 0.4) is 0 Å². The van der Waals surface area contributed by atoms with Crippen LogP contribution in [0.2, 0.25) is 10.0 Å². The van der Waals surface area contributed by atoms with Crippen LogP contribution in [0.15, 0.2) is 78.9 Å². The highest BCUT2D eigenvalue weighted by molar-refractivity contribution is 6.35. The molecule has 0 saturated carbocycles. The molecule has 8 heteroatoms. The quantitative estimate of drug-likeness (QED) is 0.469. The molecule has 0 spiro atoms. The number of benzene rings is 3. The van der Waals surface area contributed by atoms with Crippen molar-refractivity contribution in [2.75, 3.05) is 6.54 Å². The van der Waals surface area contributed by atoms with Crippen molar-refractivity contribution in [3.8, 4) is 0 Å². The van der Waals surface area contributed by atoms with Crippen LogP contribution in [-0.4, -0.2) is 34.2 Å². The molecule has 6 nitrogen and oxygen atoms in total. The second-order valence-electron chi connectivity index (χ2n) is 8.29. The van der Waals surface area contributed by atoms with Gasteiger partial charge in [-0.25, -0.2) is 4.79 Å². The van der Waals surface area contributed by atoms with Gasteiger partial charge in [0.15, 0.2) is 0 Å². The summed E-state index contributed by atoms with van der Waals surface area (Å²) in [5, 5.41) is 3.36. The van der Waals surface area contributed by atoms with Gasteiger partial charge in [-0.3, -0.25) is 14.5 Å². The maximum Gasteiger partial charge on any atom is 0.325 e. The Morgan fingerprint density at radius 1 is 0.912 bits per heavy atom. The van der Waals surface area contributed by atoms with Crippen LogP contribution in [-0.2, 0) is 28.2 Å². The van der Waals surface area contributed by atoms with E-state index in [-0.39, 0.29) is 17.5 Å². The molecule has 174 valence electrons. The molecule has 0 radical (unpaired) electrons. The minimum atomic E-state index is -1.40. The van der Waals surface area contributed by atoms with E-state index in [2.05, 4.69) is 5.32 Å². The molecule has 1 unspecified atom stereocenters. The molecular weight excluding hydrogens is 473 g/mol. The molecule has 3 aromatic rings. The van der Waals surface area contributed by atoms with E-state index in [0.29, 0.717) is 23.7 Å². The van der Waals surface area contributed by atoms with Crippen LogP contribution in [0.1, 0.15) is 23.6 Å². The topological polar surface area (TPSA) is 69.7 Å². The zero-order valence-electron chi connectivity index (χ0n) is 18.5. The van der Waals surface area contributed by atoms with Gasteiger partial charge in [0.1, 0.15) is 12.1 Å². The van der Waals surface area contributed by atoms with Crippen molar-refractivity contribution in [1.29, 1.82) is 0 Å². The molecular formula is C26H23Cl2N3O3. The molecule has 0 aliphatic carbocycles. The lowest BCUT2D eigenvalue weighted by Gasteiger charge is -2.26. The van der Waals surface area contributed by atoms with E-state index in [9.17, 15) is 14.4 Å². The summed E-state index contributed by atoms with van der Waals surface area (Å²) < 4.78 is 0. The van der Waals surface area contributed by atoms with E-state index >= 15 is 0 Å². The number of amides is 4. The average Bonchev–Trinajstić information content (AvgIpc) is 3.03. The molecule has 1 saturated heterocycles. The lowest BCUT2D eigenvalue weighted by Crippen LogP contribution is -2.44. The molecule has 1 N–H and O–H groups in total. The number of hydrogen-bond donors (Lipinski definition) is 1. The van der Waals surface area contributed by atoms with Gasteiger partial charge in [-0.05, 0) is 30.2 Å². The Labute approximate surface area is 208 Å². The first kappa shape index (κ1) is 23.8. The number of halogens is 2. The van der Waals surface area contributed by atoms with Crippen molar-refractivity contribution in [3.63, 3.8) is 0 Å². The number of hydrogen-bond acceptors (Lipinski definition) is 3. The van der Waals surface area contributed by atoms with Crippen molar-refractivity contribution >= 4 is 41.0 Å². The lowest BCUT2D eigenvalue weighted by molar-refractivity contribution is -0.139. The fraction of sp³-hybridized carbons (Fsp3) is 0.192. The second-order valence-corrected chi connectivity index (χ2v) is 9.14. The first-order chi connectivity index (χ1) is 16.3. The van der Waals surface area contributed by atoms with Gasteiger partial charge in [-0.15, -0.1) is 0 Å². The monoisotopic (exact) mass is 495 g/mol. The molecule has 4 amide bonds. The zero-order chi connectivity index (χ0) is 24.3. The van der Waals surface area contributed by atoms with E-state index in [1.165, 1.54) is 6.07 Å². The highest BCUT2D eigenvalue weighted by Crippen LogP contribution is 2.35. The molecule has 34 heavy (non-hydrogen) atoms. The third kappa shape index (κ3) is 4.93. The van der Waals surface area contributed by atoms with Gasteiger partial charge in [-0.2, -0.15) is 0 Å². The van der Waals surface area contributed by atoms with Gasteiger partial charge in [0.25, 0.3) is 5.91 Å². The highest BCUT2D eigenvalue weighted by atomic mass is 35.5. The summed E-state index contributed by atoms with van der Waals surface area (Å²) in [6.07, 6.45) is 0. The Kier molecular flexibility index (Phi) is 6.91. The third-order valence-corrected chi connectivity index (χ3v) is 6.37. The summed E-state index contributed by atoms with van der Waals surface area (Å²) in [4.78, 5) is 42.1. The number of carbonyl (C=O) groups excluding carboxylic acids is 3. The number of nitrogens with zero attached hydrogens (tertiary/aromatic N) is 2. The maximum absolute atomic E-state index is 13.4. The van der Waals surface area contributed by atoms with Gasteiger partial charge in [0.2, 0.25) is 5.91 Å². The summed E-state index contributed by atoms with van der Waals surface area (Å²) in [5.74, 6) is -0.892. The van der Waals surface area contributed by atoms with E-state index in [1.54, 1.807) is 24.0 Å². The predicted octanol–water partition coefficient (Wildman–Crippen LogP) is 4.99. The number of imide groups is 1. The minimum Gasteiger partial charge on any atom is -0.332 e. The highest BCUT2D eigenvalue weighted by Gasteiger charge is 2.50. The summed E-state index contributed by atoms with van der Waals surface area (Å²) in [7, 11) is 0. The molecule has 1 atom stereocenters. The number of urea groups is 1. The Balaban J connectivity index is 1.56. The summed E-state index contributed by atoms with van der Waals surface area (Å²) in [6, 6.07) is 23.2. The first-order valence-corrected chi connectivity index (χ1v) is 11.5. The maximum atomic E-state index is 13.4. The Hall–Kier alpha value is -3.35. The lowest BCUT2D eigenvalue weighted by atomic mass is 9.92. The van der Waals surface area contributed by atoms with Gasteiger partial charge in [0.05, 0.1) is 0 Å². The Morgan fingerprint density at radius 3 is 2.00 bits per heavy atom. The van der Waals surface area contributed by atoms with Crippen molar-refractivity contribution in [2.45, 2.75) is 25.6 Å². The Morgan fingerprint density at radius 2 is 1.47 bits per heavy atom. The van der Waals surface area contributed by atoms with E-state index in [0.717, 1.165) is 16.0 Å². The zero-order valence-corrected chi connectivity index (χ0v) is 20.0. The van der Waals surface area contributed by atoms with Crippen LogP contribution in [0.5, 0.6) is 0 Å².